The van der Waals surface area contributed by atoms with Crippen LogP contribution in [0.4, 0.5) is 5.69 Å². The number of likely N-dealkylation sites (tertiary alicyclic amines) is 1. The SMILES string of the molecule is CC1(C)[C@H]2CC[C@@]1(C)C(=O)N(CC(=O)Nc1ccc(Oc3ccccc3)cc1)C2=O. The molecule has 0 radical (unpaired) electrons. The molecule has 1 saturated carbocycles. The Labute approximate surface area is 176 Å². The zero-order valence-corrected chi connectivity index (χ0v) is 17.5. The van der Waals surface area contributed by atoms with Crippen molar-refractivity contribution in [2.45, 2.75) is 33.6 Å². The number of hydrogen-bond donors (Lipinski definition) is 1. The second kappa shape index (κ2) is 7.27. The van der Waals surface area contributed by atoms with Gasteiger partial charge in [-0.15, -0.1) is 0 Å². The summed E-state index contributed by atoms with van der Waals surface area (Å²) in [6, 6.07) is 16.4. The first kappa shape index (κ1) is 20.1. The van der Waals surface area contributed by atoms with Crippen LogP contribution >= 0.6 is 0 Å². The Morgan fingerprint density at radius 2 is 1.67 bits per heavy atom. The third-order valence-corrected chi connectivity index (χ3v) is 6.93. The number of fused-ring (bicyclic) bond motifs is 2. The van der Waals surface area contributed by atoms with Gasteiger partial charge in [-0.1, -0.05) is 39.0 Å². The highest BCUT2D eigenvalue weighted by atomic mass is 16.5. The minimum Gasteiger partial charge on any atom is -0.457 e. The zero-order chi connectivity index (χ0) is 21.5. The number of nitrogens with zero attached hydrogens (tertiary/aromatic N) is 1. The summed E-state index contributed by atoms with van der Waals surface area (Å²) in [6.45, 7) is 5.62. The fourth-order valence-electron chi connectivity index (χ4n) is 4.63. The Hall–Kier alpha value is -3.15. The molecule has 1 saturated heterocycles. The molecule has 2 aromatic carbocycles. The van der Waals surface area contributed by atoms with Crippen LogP contribution in [0, 0.1) is 16.7 Å². The molecule has 0 unspecified atom stereocenters. The van der Waals surface area contributed by atoms with Crippen molar-refractivity contribution in [1.82, 2.24) is 4.90 Å². The maximum atomic E-state index is 13.0. The van der Waals surface area contributed by atoms with Crippen molar-refractivity contribution in [1.29, 1.82) is 0 Å². The first-order chi connectivity index (χ1) is 14.2. The molecule has 30 heavy (non-hydrogen) atoms. The van der Waals surface area contributed by atoms with E-state index in [1.165, 1.54) is 0 Å². The summed E-state index contributed by atoms with van der Waals surface area (Å²) in [4.78, 5) is 39.6. The van der Waals surface area contributed by atoms with Crippen LogP contribution in [0.5, 0.6) is 11.5 Å². The first-order valence-corrected chi connectivity index (χ1v) is 10.2. The summed E-state index contributed by atoms with van der Waals surface area (Å²) in [6.07, 6.45) is 1.37. The summed E-state index contributed by atoms with van der Waals surface area (Å²) in [5.74, 6) is 0.281. The zero-order valence-electron chi connectivity index (χ0n) is 17.5. The minimum atomic E-state index is -0.609. The van der Waals surface area contributed by atoms with E-state index in [4.69, 9.17) is 4.74 Å². The lowest BCUT2D eigenvalue weighted by atomic mass is 9.62. The summed E-state index contributed by atoms with van der Waals surface area (Å²) in [5.41, 5.74) is -0.419. The maximum absolute atomic E-state index is 13.0. The fraction of sp³-hybridized carbons (Fsp3) is 0.375. The van der Waals surface area contributed by atoms with Gasteiger partial charge in [0.15, 0.2) is 0 Å². The number of hydrogen-bond acceptors (Lipinski definition) is 4. The van der Waals surface area contributed by atoms with Gasteiger partial charge in [-0.3, -0.25) is 19.3 Å². The first-order valence-electron chi connectivity index (χ1n) is 10.2. The molecule has 0 aromatic heterocycles. The van der Waals surface area contributed by atoms with Gasteiger partial charge in [0.2, 0.25) is 17.7 Å². The number of carbonyl (C=O) groups is 3. The van der Waals surface area contributed by atoms with E-state index in [1.807, 2.05) is 51.1 Å². The van der Waals surface area contributed by atoms with Gasteiger partial charge in [0.25, 0.3) is 0 Å². The van der Waals surface area contributed by atoms with Crippen LogP contribution in [-0.2, 0) is 14.4 Å². The monoisotopic (exact) mass is 406 g/mol. The normalized spacial score (nSPS) is 24.6. The summed E-state index contributed by atoms with van der Waals surface area (Å²) in [5, 5.41) is 2.76. The Bertz CT molecular complexity index is 984. The number of nitrogens with one attached hydrogen (secondary N) is 1. The van der Waals surface area contributed by atoms with Gasteiger partial charge in [-0.2, -0.15) is 0 Å². The van der Waals surface area contributed by atoms with Gasteiger partial charge in [-0.05, 0) is 54.7 Å². The van der Waals surface area contributed by atoms with Crippen LogP contribution in [0.1, 0.15) is 33.6 Å². The van der Waals surface area contributed by atoms with Crippen LogP contribution < -0.4 is 10.1 Å². The molecule has 6 heteroatoms. The molecule has 2 aromatic rings. The van der Waals surface area contributed by atoms with Gasteiger partial charge >= 0.3 is 0 Å². The average Bonchev–Trinajstić information content (AvgIpc) is 2.91. The third kappa shape index (κ3) is 3.26. The maximum Gasteiger partial charge on any atom is 0.244 e. The largest absolute Gasteiger partial charge is 0.457 e. The molecule has 2 fully saturated rings. The Kier molecular flexibility index (Phi) is 4.88. The van der Waals surface area contributed by atoms with Gasteiger partial charge in [0, 0.05) is 11.6 Å². The number of ether oxygens (including phenoxy) is 1. The average molecular weight is 406 g/mol. The molecule has 3 amide bonds. The molecule has 1 aliphatic carbocycles. The number of para-hydroxylation sites is 1. The second-order valence-electron chi connectivity index (χ2n) is 8.86. The molecule has 1 aliphatic heterocycles. The van der Waals surface area contributed by atoms with Gasteiger partial charge in [0.05, 0.1) is 5.41 Å². The molecule has 0 spiro atoms. The number of amides is 3. The number of imide groups is 1. The van der Waals surface area contributed by atoms with Crippen LogP contribution in [0.15, 0.2) is 54.6 Å². The van der Waals surface area contributed by atoms with E-state index >= 15 is 0 Å². The number of carbonyl (C=O) groups excluding carboxylic acids is 3. The van der Waals surface area contributed by atoms with E-state index in [9.17, 15) is 14.4 Å². The van der Waals surface area contributed by atoms with Gasteiger partial charge in [-0.25, -0.2) is 0 Å². The lowest BCUT2D eigenvalue weighted by Crippen LogP contribution is -2.60. The van der Waals surface area contributed by atoms with Gasteiger partial charge < -0.3 is 10.1 Å². The van der Waals surface area contributed by atoms with Crippen LogP contribution in [0.3, 0.4) is 0 Å². The molecule has 1 heterocycles. The standard InChI is InChI=1S/C24H26N2O4/c1-23(2)19-13-14-24(23,3)22(29)26(21(19)28)15-20(27)25-16-9-11-18(12-10-16)30-17-7-5-4-6-8-17/h4-12,19H,13-15H2,1-3H3,(H,25,27)/t19-,24-/m0/s1. The molecule has 2 atom stereocenters. The minimum absolute atomic E-state index is 0.220. The van der Waals surface area contributed by atoms with E-state index in [-0.39, 0.29) is 29.7 Å². The van der Waals surface area contributed by atoms with E-state index < -0.39 is 11.3 Å². The Balaban J connectivity index is 1.40. The van der Waals surface area contributed by atoms with E-state index in [0.29, 0.717) is 24.3 Å². The quantitative estimate of drug-likeness (QED) is 0.754. The Morgan fingerprint density at radius 3 is 2.33 bits per heavy atom. The van der Waals surface area contributed by atoms with Crippen LogP contribution in [-0.4, -0.2) is 29.2 Å². The number of benzene rings is 2. The van der Waals surface area contributed by atoms with E-state index in [0.717, 1.165) is 10.6 Å². The predicted octanol–water partition coefficient (Wildman–Crippen LogP) is 4.23. The highest BCUT2D eigenvalue weighted by Gasteiger charge is 2.64. The highest BCUT2D eigenvalue weighted by Crippen LogP contribution is 2.59. The summed E-state index contributed by atoms with van der Waals surface area (Å²) < 4.78 is 5.74. The lowest BCUT2D eigenvalue weighted by molar-refractivity contribution is -0.168. The van der Waals surface area contributed by atoms with E-state index in [2.05, 4.69) is 5.32 Å². The van der Waals surface area contributed by atoms with Crippen LogP contribution in [0.2, 0.25) is 0 Å². The van der Waals surface area contributed by atoms with Crippen molar-refractivity contribution < 1.29 is 19.1 Å². The van der Waals surface area contributed by atoms with Crippen LogP contribution in [0.25, 0.3) is 0 Å². The van der Waals surface area contributed by atoms with Gasteiger partial charge in [0.1, 0.15) is 18.0 Å². The van der Waals surface area contributed by atoms with Crippen molar-refractivity contribution in [3.05, 3.63) is 54.6 Å². The van der Waals surface area contributed by atoms with Crippen molar-refractivity contribution in [3.8, 4) is 11.5 Å². The molecular weight excluding hydrogens is 380 g/mol. The second-order valence-corrected chi connectivity index (χ2v) is 8.86. The smallest absolute Gasteiger partial charge is 0.244 e. The summed E-state index contributed by atoms with van der Waals surface area (Å²) >= 11 is 0. The molecule has 4 rings (SSSR count). The molecule has 2 aliphatic rings. The topological polar surface area (TPSA) is 75.7 Å². The van der Waals surface area contributed by atoms with Crippen molar-refractivity contribution in [2.24, 2.45) is 16.7 Å². The van der Waals surface area contributed by atoms with E-state index in [1.54, 1.807) is 24.3 Å². The number of rotatable bonds is 5. The number of piperidine rings is 1. The van der Waals surface area contributed by atoms with Crippen molar-refractivity contribution in [2.75, 3.05) is 11.9 Å². The molecule has 1 N–H and O–H groups in total. The molecule has 2 bridgehead atoms. The molecule has 156 valence electrons. The fourth-order valence-corrected chi connectivity index (χ4v) is 4.63. The lowest BCUT2D eigenvalue weighted by Gasteiger charge is -2.47. The third-order valence-electron chi connectivity index (χ3n) is 6.93. The number of anilines is 1. The van der Waals surface area contributed by atoms with Crippen molar-refractivity contribution >= 4 is 23.4 Å². The summed E-state index contributed by atoms with van der Waals surface area (Å²) in [7, 11) is 0. The Morgan fingerprint density at radius 1 is 1.03 bits per heavy atom. The molecular formula is C24H26N2O4. The van der Waals surface area contributed by atoms with Crippen molar-refractivity contribution in [3.63, 3.8) is 0 Å². The predicted molar refractivity (Wildman–Crippen MR) is 113 cm³/mol. The molecule has 6 nitrogen and oxygen atoms in total. The highest BCUT2D eigenvalue weighted by molar-refractivity contribution is 6.07.